The minimum absolute atomic E-state index is 1.18. The molecule has 0 atom stereocenters. The van der Waals surface area contributed by atoms with E-state index in [1.807, 2.05) is 0 Å². The molecule has 0 radical (unpaired) electrons. The maximum Gasteiger partial charge on any atom is -0.00701 e. The number of rotatable bonds is 2. The van der Waals surface area contributed by atoms with Gasteiger partial charge in [-0.3, -0.25) is 0 Å². The molecule has 0 saturated heterocycles. The molecule has 0 aromatic heterocycles. The maximum atomic E-state index is 2.32. The fourth-order valence-electron chi connectivity index (χ4n) is 4.92. The lowest BCUT2D eigenvalue weighted by atomic mass is 9.79. The molecular formula is C28H26. The van der Waals surface area contributed by atoms with Gasteiger partial charge in [-0.05, 0) is 69.8 Å². The Labute approximate surface area is 167 Å². The average molecular weight is 363 g/mol. The van der Waals surface area contributed by atoms with E-state index in [4.69, 9.17) is 0 Å². The van der Waals surface area contributed by atoms with Gasteiger partial charge in [-0.2, -0.15) is 0 Å². The standard InChI is InChI=1S/C28H26/c1-2-10-18-24-23(17-9-1)27(21-13-5-3-6-14-21)25-19-11-12-20-26(25)28(24)22-15-7-4-8-16-22/h3-8,11-16,19-20H,1-2,9-10,17-18H2. The van der Waals surface area contributed by atoms with E-state index in [1.165, 1.54) is 71.6 Å². The van der Waals surface area contributed by atoms with Gasteiger partial charge in [0, 0.05) is 0 Å². The maximum absolute atomic E-state index is 2.32. The molecule has 0 aliphatic heterocycles. The minimum atomic E-state index is 1.18. The van der Waals surface area contributed by atoms with Crippen molar-refractivity contribution in [2.24, 2.45) is 0 Å². The fourth-order valence-corrected chi connectivity index (χ4v) is 4.92. The highest BCUT2D eigenvalue weighted by atomic mass is 14.2. The van der Waals surface area contributed by atoms with Crippen LogP contribution in [-0.2, 0) is 12.8 Å². The lowest BCUT2D eigenvalue weighted by molar-refractivity contribution is 0.619. The van der Waals surface area contributed by atoms with Gasteiger partial charge in [0.15, 0.2) is 0 Å². The molecule has 0 heterocycles. The molecule has 0 amide bonds. The summed E-state index contributed by atoms with van der Waals surface area (Å²) in [6.45, 7) is 0. The van der Waals surface area contributed by atoms with Gasteiger partial charge in [0.2, 0.25) is 0 Å². The first-order valence-corrected chi connectivity index (χ1v) is 10.6. The van der Waals surface area contributed by atoms with E-state index in [-0.39, 0.29) is 0 Å². The second kappa shape index (κ2) is 7.64. The molecule has 4 aromatic carbocycles. The predicted octanol–water partition coefficient (Wildman–Crippen LogP) is 7.83. The van der Waals surface area contributed by atoms with Crippen LogP contribution in [0.1, 0.15) is 36.8 Å². The Kier molecular flexibility index (Phi) is 4.71. The molecule has 1 aliphatic rings. The Bertz CT molecular complexity index is 1000. The Balaban J connectivity index is 1.92. The smallest absolute Gasteiger partial charge is 0.00701 e. The molecule has 1 aliphatic carbocycles. The van der Waals surface area contributed by atoms with Crippen molar-refractivity contribution in [1.82, 2.24) is 0 Å². The van der Waals surface area contributed by atoms with Crippen LogP contribution in [0.5, 0.6) is 0 Å². The van der Waals surface area contributed by atoms with Crippen LogP contribution in [0, 0.1) is 0 Å². The van der Waals surface area contributed by atoms with Crippen LogP contribution in [0.3, 0.4) is 0 Å². The van der Waals surface area contributed by atoms with Gasteiger partial charge in [0.1, 0.15) is 0 Å². The van der Waals surface area contributed by atoms with Gasteiger partial charge in [0.05, 0.1) is 0 Å². The molecule has 28 heavy (non-hydrogen) atoms. The number of hydrogen-bond donors (Lipinski definition) is 0. The van der Waals surface area contributed by atoms with Crippen LogP contribution in [0.25, 0.3) is 33.0 Å². The van der Waals surface area contributed by atoms with Crippen molar-refractivity contribution in [3.8, 4) is 22.3 Å². The molecule has 0 heteroatoms. The van der Waals surface area contributed by atoms with Gasteiger partial charge >= 0.3 is 0 Å². The first kappa shape index (κ1) is 17.3. The van der Waals surface area contributed by atoms with Crippen LogP contribution in [0.15, 0.2) is 84.9 Å². The van der Waals surface area contributed by atoms with Gasteiger partial charge in [-0.1, -0.05) is 97.8 Å². The minimum Gasteiger partial charge on any atom is -0.0622 e. The van der Waals surface area contributed by atoms with Crippen molar-refractivity contribution in [2.75, 3.05) is 0 Å². The molecule has 0 spiro atoms. The van der Waals surface area contributed by atoms with Crippen LogP contribution in [0.2, 0.25) is 0 Å². The molecule has 0 fully saturated rings. The van der Waals surface area contributed by atoms with Gasteiger partial charge in [0.25, 0.3) is 0 Å². The third-order valence-corrected chi connectivity index (χ3v) is 6.16. The number of hydrogen-bond acceptors (Lipinski definition) is 0. The van der Waals surface area contributed by atoms with E-state index >= 15 is 0 Å². The first-order valence-electron chi connectivity index (χ1n) is 10.6. The highest BCUT2D eigenvalue weighted by Crippen LogP contribution is 2.43. The van der Waals surface area contributed by atoms with E-state index in [0.29, 0.717) is 0 Å². The predicted molar refractivity (Wildman–Crippen MR) is 121 cm³/mol. The summed E-state index contributed by atoms with van der Waals surface area (Å²) in [6.07, 6.45) is 7.65. The van der Waals surface area contributed by atoms with Gasteiger partial charge in [-0.15, -0.1) is 0 Å². The van der Waals surface area contributed by atoms with Crippen LogP contribution >= 0.6 is 0 Å². The zero-order chi connectivity index (χ0) is 18.8. The Hall–Kier alpha value is -2.86. The summed E-state index contributed by atoms with van der Waals surface area (Å²) < 4.78 is 0. The van der Waals surface area contributed by atoms with E-state index in [2.05, 4.69) is 84.9 Å². The van der Waals surface area contributed by atoms with E-state index in [1.54, 1.807) is 11.1 Å². The summed E-state index contributed by atoms with van der Waals surface area (Å²) in [5.41, 5.74) is 8.82. The van der Waals surface area contributed by atoms with Crippen LogP contribution < -0.4 is 0 Å². The first-order chi connectivity index (χ1) is 13.9. The van der Waals surface area contributed by atoms with E-state index in [9.17, 15) is 0 Å². The van der Waals surface area contributed by atoms with Crippen molar-refractivity contribution >= 4 is 10.8 Å². The SMILES string of the molecule is c1ccc(-c2c3c(c(-c4ccccc4)c4ccccc24)CCCCCC3)cc1. The van der Waals surface area contributed by atoms with Gasteiger partial charge in [-0.25, -0.2) is 0 Å². The van der Waals surface area contributed by atoms with Crippen molar-refractivity contribution in [3.63, 3.8) is 0 Å². The molecule has 0 saturated carbocycles. The highest BCUT2D eigenvalue weighted by Gasteiger charge is 2.21. The number of fused-ring (bicyclic) bond motifs is 2. The summed E-state index contributed by atoms with van der Waals surface area (Å²) in [5.74, 6) is 0. The summed E-state index contributed by atoms with van der Waals surface area (Å²) in [4.78, 5) is 0. The summed E-state index contributed by atoms with van der Waals surface area (Å²) in [5, 5.41) is 2.79. The molecule has 5 rings (SSSR count). The van der Waals surface area contributed by atoms with E-state index in [0.717, 1.165) is 0 Å². The molecule has 0 unspecified atom stereocenters. The zero-order valence-corrected chi connectivity index (χ0v) is 16.3. The average Bonchev–Trinajstić information content (AvgIpc) is 2.74. The number of benzene rings is 4. The Morgan fingerprint density at radius 3 is 1.21 bits per heavy atom. The fraction of sp³-hybridized carbons (Fsp3) is 0.214. The Morgan fingerprint density at radius 2 is 0.786 bits per heavy atom. The molecule has 0 nitrogen and oxygen atoms in total. The topological polar surface area (TPSA) is 0 Å². The van der Waals surface area contributed by atoms with Gasteiger partial charge < -0.3 is 0 Å². The van der Waals surface area contributed by atoms with Crippen molar-refractivity contribution in [2.45, 2.75) is 38.5 Å². The molecular weight excluding hydrogens is 336 g/mol. The molecule has 138 valence electrons. The summed E-state index contributed by atoms with van der Waals surface area (Å²) in [6, 6.07) is 31.1. The molecule has 0 bridgehead atoms. The normalized spacial score (nSPS) is 14.3. The Morgan fingerprint density at radius 1 is 0.393 bits per heavy atom. The van der Waals surface area contributed by atoms with Crippen molar-refractivity contribution in [1.29, 1.82) is 0 Å². The second-order valence-corrected chi connectivity index (χ2v) is 7.90. The lowest BCUT2D eigenvalue weighted by Crippen LogP contribution is -2.06. The third kappa shape index (κ3) is 3.03. The van der Waals surface area contributed by atoms with E-state index < -0.39 is 0 Å². The van der Waals surface area contributed by atoms with Crippen LogP contribution in [-0.4, -0.2) is 0 Å². The monoisotopic (exact) mass is 362 g/mol. The summed E-state index contributed by atoms with van der Waals surface area (Å²) in [7, 11) is 0. The summed E-state index contributed by atoms with van der Waals surface area (Å²) >= 11 is 0. The molecule has 0 N–H and O–H groups in total. The molecule has 4 aromatic rings. The highest BCUT2D eigenvalue weighted by molar-refractivity contribution is 6.08. The zero-order valence-electron chi connectivity index (χ0n) is 16.3. The van der Waals surface area contributed by atoms with Crippen LogP contribution in [0.4, 0.5) is 0 Å². The second-order valence-electron chi connectivity index (χ2n) is 7.90. The quantitative estimate of drug-likeness (QED) is 0.341. The van der Waals surface area contributed by atoms with Crippen molar-refractivity contribution < 1.29 is 0 Å². The largest absolute Gasteiger partial charge is 0.0622 e. The third-order valence-electron chi connectivity index (χ3n) is 6.16. The van der Waals surface area contributed by atoms with Crippen molar-refractivity contribution in [3.05, 3.63) is 96.1 Å². The lowest BCUT2D eigenvalue weighted by Gasteiger charge is -2.25.